The molecule has 1 N–H and O–H groups in total. The standard InChI is InChI=1S/C22H21F3N4O4/c1-15-12-20(22(23,24)25)27-28(15)11-3-10-26-21(30)17-5-2-4-16(13-17)14-33-19-8-6-18(7-9-19)29(31)32/h2,4-9,12-13H,3,10-11,14H2,1H3,(H,26,30). The molecular formula is C22H21F3N4O4. The Morgan fingerprint density at radius 2 is 1.91 bits per heavy atom. The van der Waals surface area contributed by atoms with Gasteiger partial charge in [-0.05, 0) is 49.2 Å². The summed E-state index contributed by atoms with van der Waals surface area (Å²) in [6, 6.07) is 13.4. The van der Waals surface area contributed by atoms with Gasteiger partial charge in [0.2, 0.25) is 0 Å². The molecule has 0 aliphatic heterocycles. The van der Waals surface area contributed by atoms with E-state index in [0.717, 1.165) is 11.6 Å². The van der Waals surface area contributed by atoms with Crippen LogP contribution in [0.2, 0.25) is 0 Å². The van der Waals surface area contributed by atoms with E-state index in [1.165, 1.54) is 28.9 Å². The van der Waals surface area contributed by atoms with Crippen LogP contribution in [0, 0.1) is 17.0 Å². The molecule has 174 valence electrons. The van der Waals surface area contributed by atoms with Crippen molar-refractivity contribution in [3.63, 3.8) is 0 Å². The minimum atomic E-state index is -4.49. The highest BCUT2D eigenvalue weighted by molar-refractivity contribution is 5.94. The molecule has 0 fully saturated rings. The summed E-state index contributed by atoms with van der Waals surface area (Å²) >= 11 is 0. The van der Waals surface area contributed by atoms with Gasteiger partial charge in [0, 0.05) is 36.5 Å². The molecular weight excluding hydrogens is 441 g/mol. The lowest BCUT2D eigenvalue weighted by Crippen LogP contribution is -2.25. The molecule has 33 heavy (non-hydrogen) atoms. The van der Waals surface area contributed by atoms with Crippen LogP contribution in [0.25, 0.3) is 0 Å². The maximum atomic E-state index is 12.7. The number of nitro benzene ring substituents is 1. The van der Waals surface area contributed by atoms with Crippen LogP contribution < -0.4 is 10.1 Å². The molecule has 1 amide bonds. The monoisotopic (exact) mass is 462 g/mol. The molecule has 0 spiro atoms. The number of hydrogen-bond acceptors (Lipinski definition) is 5. The molecule has 0 unspecified atom stereocenters. The van der Waals surface area contributed by atoms with Crippen LogP contribution in [0.3, 0.4) is 0 Å². The van der Waals surface area contributed by atoms with Gasteiger partial charge in [0.1, 0.15) is 12.4 Å². The van der Waals surface area contributed by atoms with Crippen molar-refractivity contribution in [3.05, 3.63) is 87.2 Å². The number of carbonyl (C=O) groups excluding carboxylic acids is 1. The van der Waals surface area contributed by atoms with Crippen LogP contribution >= 0.6 is 0 Å². The van der Waals surface area contributed by atoms with E-state index in [-0.39, 0.29) is 31.3 Å². The zero-order valence-electron chi connectivity index (χ0n) is 17.6. The SMILES string of the molecule is Cc1cc(C(F)(F)F)nn1CCCNC(=O)c1cccc(COc2ccc([N+](=O)[O-])cc2)c1. The van der Waals surface area contributed by atoms with Crippen molar-refractivity contribution < 1.29 is 27.6 Å². The van der Waals surface area contributed by atoms with Crippen molar-refractivity contribution >= 4 is 11.6 Å². The number of carbonyl (C=O) groups is 1. The summed E-state index contributed by atoms with van der Waals surface area (Å²) in [4.78, 5) is 22.6. The van der Waals surface area contributed by atoms with Crippen molar-refractivity contribution in [1.82, 2.24) is 15.1 Å². The van der Waals surface area contributed by atoms with Crippen LogP contribution in [0.1, 0.15) is 33.7 Å². The Balaban J connectivity index is 1.48. The number of ether oxygens (including phenoxy) is 1. The summed E-state index contributed by atoms with van der Waals surface area (Å²) < 4.78 is 45.0. The molecule has 0 saturated heterocycles. The van der Waals surface area contributed by atoms with E-state index in [1.807, 2.05) is 0 Å². The Kier molecular flexibility index (Phi) is 7.31. The normalized spacial score (nSPS) is 11.3. The van der Waals surface area contributed by atoms with Crippen LogP contribution in [0.4, 0.5) is 18.9 Å². The summed E-state index contributed by atoms with van der Waals surface area (Å²) in [6.07, 6.45) is -4.08. The van der Waals surface area contributed by atoms with Gasteiger partial charge in [-0.3, -0.25) is 19.6 Å². The van der Waals surface area contributed by atoms with E-state index in [9.17, 15) is 28.1 Å². The van der Waals surface area contributed by atoms with E-state index < -0.39 is 16.8 Å². The second-order valence-corrected chi connectivity index (χ2v) is 7.24. The molecule has 0 aliphatic rings. The Hall–Kier alpha value is -3.89. The number of non-ortho nitro benzene ring substituents is 1. The second-order valence-electron chi connectivity index (χ2n) is 7.24. The summed E-state index contributed by atoms with van der Waals surface area (Å²) in [7, 11) is 0. The van der Waals surface area contributed by atoms with Crippen molar-refractivity contribution in [2.75, 3.05) is 6.54 Å². The zero-order valence-corrected chi connectivity index (χ0v) is 17.6. The number of amides is 1. The molecule has 0 radical (unpaired) electrons. The first-order valence-electron chi connectivity index (χ1n) is 9.99. The maximum Gasteiger partial charge on any atom is 0.435 e. The Bertz CT molecular complexity index is 1130. The number of halogens is 3. The number of nitro groups is 1. The lowest BCUT2D eigenvalue weighted by atomic mass is 10.1. The van der Waals surface area contributed by atoms with Crippen molar-refractivity contribution in [2.45, 2.75) is 32.7 Å². The van der Waals surface area contributed by atoms with E-state index in [1.54, 1.807) is 31.2 Å². The van der Waals surface area contributed by atoms with E-state index >= 15 is 0 Å². The number of hydrogen-bond donors (Lipinski definition) is 1. The maximum absolute atomic E-state index is 12.7. The summed E-state index contributed by atoms with van der Waals surface area (Å²) in [5.41, 5.74) is 0.568. The molecule has 0 saturated carbocycles. The topological polar surface area (TPSA) is 99.3 Å². The number of aromatic nitrogens is 2. The molecule has 1 heterocycles. The zero-order chi connectivity index (χ0) is 24.0. The van der Waals surface area contributed by atoms with E-state index in [4.69, 9.17) is 4.74 Å². The molecule has 8 nitrogen and oxygen atoms in total. The van der Waals surface area contributed by atoms with E-state index in [2.05, 4.69) is 10.4 Å². The highest BCUT2D eigenvalue weighted by atomic mass is 19.4. The first kappa shape index (κ1) is 23.8. The summed E-state index contributed by atoms with van der Waals surface area (Å²) in [5.74, 6) is 0.137. The fourth-order valence-electron chi connectivity index (χ4n) is 3.04. The lowest BCUT2D eigenvalue weighted by molar-refractivity contribution is -0.384. The average Bonchev–Trinajstić information content (AvgIpc) is 3.16. The number of alkyl halides is 3. The minimum Gasteiger partial charge on any atom is -0.489 e. The van der Waals surface area contributed by atoms with Gasteiger partial charge in [0.15, 0.2) is 5.69 Å². The van der Waals surface area contributed by atoms with Gasteiger partial charge in [0.25, 0.3) is 11.6 Å². The van der Waals surface area contributed by atoms with Gasteiger partial charge < -0.3 is 10.1 Å². The van der Waals surface area contributed by atoms with E-state index in [0.29, 0.717) is 23.4 Å². The first-order valence-corrected chi connectivity index (χ1v) is 9.99. The smallest absolute Gasteiger partial charge is 0.435 e. The third-order valence-electron chi connectivity index (χ3n) is 4.75. The third kappa shape index (κ3) is 6.55. The number of aryl methyl sites for hydroxylation is 2. The molecule has 1 aromatic heterocycles. The summed E-state index contributed by atoms with van der Waals surface area (Å²) in [6.45, 7) is 2.22. The second kappa shape index (κ2) is 10.2. The Morgan fingerprint density at radius 3 is 2.55 bits per heavy atom. The highest BCUT2D eigenvalue weighted by Crippen LogP contribution is 2.28. The fourth-order valence-corrected chi connectivity index (χ4v) is 3.04. The van der Waals surface area contributed by atoms with Gasteiger partial charge >= 0.3 is 6.18 Å². The number of benzene rings is 2. The molecule has 11 heteroatoms. The molecule has 0 aliphatic carbocycles. The average molecular weight is 462 g/mol. The van der Waals surface area contributed by atoms with Crippen molar-refractivity contribution in [2.24, 2.45) is 0 Å². The number of rotatable bonds is 9. The molecule has 0 atom stereocenters. The largest absolute Gasteiger partial charge is 0.489 e. The lowest BCUT2D eigenvalue weighted by Gasteiger charge is -2.09. The minimum absolute atomic E-state index is 0.0375. The van der Waals surface area contributed by atoms with Gasteiger partial charge in [-0.1, -0.05) is 12.1 Å². The fraction of sp³-hybridized carbons (Fsp3) is 0.273. The summed E-state index contributed by atoms with van der Waals surface area (Å²) in [5, 5.41) is 17.0. The molecule has 3 rings (SSSR count). The van der Waals surface area contributed by atoms with Gasteiger partial charge in [0.05, 0.1) is 4.92 Å². The number of nitrogens with zero attached hydrogens (tertiary/aromatic N) is 3. The quantitative estimate of drug-likeness (QED) is 0.286. The predicted octanol–water partition coefficient (Wildman–Crippen LogP) is 4.52. The van der Waals surface area contributed by atoms with Gasteiger partial charge in [-0.15, -0.1) is 0 Å². The van der Waals surface area contributed by atoms with Crippen molar-refractivity contribution in [1.29, 1.82) is 0 Å². The van der Waals surface area contributed by atoms with Crippen LogP contribution in [-0.4, -0.2) is 27.2 Å². The molecule has 2 aromatic carbocycles. The van der Waals surface area contributed by atoms with Crippen LogP contribution in [0.15, 0.2) is 54.6 Å². The molecule has 0 bridgehead atoms. The molecule has 3 aromatic rings. The Morgan fingerprint density at radius 1 is 1.18 bits per heavy atom. The Labute approximate surface area is 187 Å². The van der Waals surface area contributed by atoms with Gasteiger partial charge in [-0.25, -0.2) is 0 Å². The predicted molar refractivity (Wildman–Crippen MR) is 113 cm³/mol. The number of nitrogens with one attached hydrogen (secondary N) is 1. The first-order chi connectivity index (χ1) is 15.6. The van der Waals surface area contributed by atoms with Crippen molar-refractivity contribution in [3.8, 4) is 5.75 Å². The van der Waals surface area contributed by atoms with Crippen LogP contribution in [-0.2, 0) is 19.3 Å². The van der Waals surface area contributed by atoms with Gasteiger partial charge in [-0.2, -0.15) is 18.3 Å². The van der Waals surface area contributed by atoms with Crippen LogP contribution in [0.5, 0.6) is 5.75 Å². The third-order valence-corrected chi connectivity index (χ3v) is 4.75. The highest BCUT2D eigenvalue weighted by Gasteiger charge is 2.34.